The maximum atomic E-state index is 3.41. The Hall–Kier alpha value is -0.630. The Kier molecular flexibility index (Phi) is 4.88. The molecule has 2 heteroatoms. The highest BCUT2D eigenvalue weighted by Crippen LogP contribution is 2.16. The van der Waals surface area contributed by atoms with Crippen molar-refractivity contribution in [2.24, 2.45) is 0 Å². The molecule has 0 saturated heterocycles. The van der Waals surface area contributed by atoms with Crippen molar-refractivity contribution >= 4 is 17.4 Å². The van der Waals surface area contributed by atoms with Crippen molar-refractivity contribution in [3.05, 3.63) is 29.8 Å². The fourth-order valence-electron chi connectivity index (χ4n) is 1.30. The predicted molar refractivity (Wildman–Crippen MR) is 67.0 cm³/mol. The van der Waals surface area contributed by atoms with Gasteiger partial charge in [-0.1, -0.05) is 19.1 Å². The van der Waals surface area contributed by atoms with Crippen LogP contribution in [0.15, 0.2) is 24.3 Å². The maximum Gasteiger partial charge on any atom is 0.0345 e. The monoisotopic (exact) mass is 209 g/mol. The van der Waals surface area contributed by atoms with Gasteiger partial charge in [-0.3, -0.25) is 0 Å². The first-order valence-electron chi connectivity index (χ1n) is 5.15. The van der Waals surface area contributed by atoms with E-state index < -0.39 is 0 Å². The number of thioether (sulfide) groups is 1. The van der Waals surface area contributed by atoms with E-state index in [1.165, 1.54) is 17.0 Å². The van der Waals surface area contributed by atoms with Crippen LogP contribution in [0.4, 0.5) is 5.69 Å². The number of hydrogen-bond donors (Lipinski definition) is 1. The Morgan fingerprint density at radius 1 is 1.36 bits per heavy atom. The first-order valence-corrected chi connectivity index (χ1v) is 6.31. The molecule has 0 atom stereocenters. The molecule has 0 bridgehead atoms. The highest BCUT2D eigenvalue weighted by atomic mass is 32.2. The van der Waals surface area contributed by atoms with Gasteiger partial charge < -0.3 is 5.32 Å². The van der Waals surface area contributed by atoms with Crippen LogP contribution >= 0.6 is 11.8 Å². The van der Waals surface area contributed by atoms with Crippen LogP contribution in [0.2, 0.25) is 0 Å². The lowest BCUT2D eigenvalue weighted by molar-refractivity contribution is 0.899. The smallest absolute Gasteiger partial charge is 0.0345 e. The summed E-state index contributed by atoms with van der Waals surface area (Å²) in [5.41, 5.74) is 2.64. The van der Waals surface area contributed by atoms with Crippen molar-refractivity contribution < 1.29 is 0 Å². The van der Waals surface area contributed by atoms with Crippen molar-refractivity contribution in [2.45, 2.75) is 32.6 Å². The van der Waals surface area contributed by atoms with Crippen LogP contribution in [0.25, 0.3) is 0 Å². The third-order valence-corrected chi connectivity index (χ3v) is 2.80. The summed E-state index contributed by atoms with van der Waals surface area (Å²) in [4.78, 5) is 0. The third-order valence-electron chi connectivity index (χ3n) is 1.86. The Morgan fingerprint density at radius 2 is 2.14 bits per heavy atom. The zero-order chi connectivity index (χ0) is 10.4. The maximum absolute atomic E-state index is 3.41. The molecular formula is C12H19NS. The molecule has 78 valence electrons. The molecule has 1 N–H and O–H groups in total. The van der Waals surface area contributed by atoms with Gasteiger partial charge in [0.2, 0.25) is 0 Å². The summed E-state index contributed by atoms with van der Waals surface area (Å²) < 4.78 is 0. The molecule has 0 aromatic heterocycles. The van der Waals surface area contributed by atoms with Gasteiger partial charge in [-0.15, -0.1) is 0 Å². The normalized spacial score (nSPS) is 10.6. The molecule has 14 heavy (non-hydrogen) atoms. The van der Waals surface area contributed by atoms with Gasteiger partial charge in [0.1, 0.15) is 0 Å². The Bertz CT molecular complexity index is 271. The van der Waals surface area contributed by atoms with Crippen LogP contribution in [-0.4, -0.2) is 11.8 Å². The van der Waals surface area contributed by atoms with Gasteiger partial charge in [0, 0.05) is 17.5 Å². The molecule has 0 unspecified atom stereocenters. The van der Waals surface area contributed by atoms with Gasteiger partial charge >= 0.3 is 0 Å². The second-order valence-electron chi connectivity index (χ2n) is 3.64. The summed E-state index contributed by atoms with van der Waals surface area (Å²) in [7, 11) is 0. The average Bonchev–Trinajstić information content (AvgIpc) is 2.14. The predicted octanol–water partition coefficient (Wildman–Crippen LogP) is 3.76. The summed E-state index contributed by atoms with van der Waals surface area (Å²) in [6, 6.07) is 9.18. The van der Waals surface area contributed by atoms with Crippen molar-refractivity contribution in [3.8, 4) is 0 Å². The number of hydrogen-bond acceptors (Lipinski definition) is 2. The highest BCUT2D eigenvalue weighted by Gasteiger charge is 1.97. The second-order valence-corrected chi connectivity index (χ2v) is 4.91. The van der Waals surface area contributed by atoms with Crippen molar-refractivity contribution in [1.29, 1.82) is 0 Å². The lowest BCUT2D eigenvalue weighted by Gasteiger charge is -2.10. The molecule has 0 aliphatic rings. The van der Waals surface area contributed by atoms with Crippen LogP contribution in [0.3, 0.4) is 0 Å². The third kappa shape index (κ3) is 4.05. The summed E-state index contributed by atoms with van der Waals surface area (Å²) in [6.45, 7) is 6.52. The lowest BCUT2D eigenvalue weighted by atomic mass is 10.2. The molecule has 0 radical (unpaired) electrons. The van der Waals surface area contributed by atoms with Gasteiger partial charge in [-0.05, 0) is 37.3 Å². The van der Waals surface area contributed by atoms with E-state index >= 15 is 0 Å². The molecule has 1 nitrogen and oxygen atoms in total. The van der Waals surface area contributed by atoms with E-state index in [2.05, 4.69) is 50.4 Å². The Balaban J connectivity index is 2.59. The molecule has 0 aliphatic heterocycles. The molecule has 0 saturated carbocycles. The fraction of sp³-hybridized carbons (Fsp3) is 0.500. The zero-order valence-electron chi connectivity index (χ0n) is 9.21. The van der Waals surface area contributed by atoms with Gasteiger partial charge in [0.25, 0.3) is 0 Å². The van der Waals surface area contributed by atoms with Gasteiger partial charge in [0.05, 0.1) is 0 Å². The summed E-state index contributed by atoms with van der Waals surface area (Å²) in [5.74, 6) is 2.30. The molecule has 0 heterocycles. The number of nitrogens with one attached hydrogen (secondary N) is 1. The van der Waals surface area contributed by atoms with Gasteiger partial charge in [0.15, 0.2) is 0 Å². The Morgan fingerprint density at radius 3 is 2.79 bits per heavy atom. The quantitative estimate of drug-likeness (QED) is 0.792. The highest BCUT2D eigenvalue weighted by molar-refractivity contribution is 7.98. The minimum atomic E-state index is 0.504. The average molecular weight is 209 g/mol. The standard InChI is InChI=1S/C12H19NS/c1-4-14-9-11-6-5-7-12(8-11)13-10(2)3/h5-8,10,13H,4,9H2,1-3H3. The minimum absolute atomic E-state index is 0.504. The molecule has 1 rings (SSSR count). The van der Waals surface area contributed by atoms with E-state index in [-0.39, 0.29) is 0 Å². The SMILES string of the molecule is CCSCc1cccc(NC(C)C)c1. The van der Waals surface area contributed by atoms with Gasteiger partial charge in [-0.2, -0.15) is 11.8 Å². The number of anilines is 1. The molecule has 0 fully saturated rings. The van der Waals surface area contributed by atoms with E-state index in [9.17, 15) is 0 Å². The summed E-state index contributed by atoms with van der Waals surface area (Å²) in [5, 5.41) is 3.41. The summed E-state index contributed by atoms with van der Waals surface area (Å²) >= 11 is 1.96. The number of rotatable bonds is 5. The molecular weight excluding hydrogens is 190 g/mol. The molecule has 0 amide bonds. The van der Waals surface area contributed by atoms with E-state index in [0.29, 0.717) is 6.04 Å². The fourth-order valence-corrected chi connectivity index (χ4v) is 1.92. The summed E-state index contributed by atoms with van der Waals surface area (Å²) in [6.07, 6.45) is 0. The van der Waals surface area contributed by atoms with Crippen LogP contribution in [0.5, 0.6) is 0 Å². The van der Waals surface area contributed by atoms with E-state index in [4.69, 9.17) is 0 Å². The first kappa shape index (κ1) is 11.4. The van der Waals surface area contributed by atoms with Crippen molar-refractivity contribution in [3.63, 3.8) is 0 Å². The van der Waals surface area contributed by atoms with Crippen LogP contribution in [-0.2, 0) is 5.75 Å². The van der Waals surface area contributed by atoms with Gasteiger partial charge in [-0.25, -0.2) is 0 Å². The topological polar surface area (TPSA) is 12.0 Å². The first-order chi connectivity index (χ1) is 6.72. The molecule has 0 aliphatic carbocycles. The van der Waals surface area contributed by atoms with Crippen LogP contribution < -0.4 is 5.32 Å². The second kappa shape index (κ2) is 5.97. The van der Waals surface area contributed by atoms with Crippen LogP contribution in [0, 0.1) is 0 Å². The largest absolute Gasteiger partial charge is 0.383 e. The molecule has 1 aromatic rings. The van der Waals surface area contributed by atoms with Crippen LogP contribution in [0.1, 0.15) is 26.3 Å². The molecule has 1 aromatic carbocycles. The lowest BCUT2D eigenvalue weighted by Crippen LogP contribution is -2.09. The van der Waals surface area contributed by atoms with E-state index in [1.807, 2.05) is 11.8 Å². The zero-order valence-corrected chi connectivity index (χ0v) is 10.0. The van der Waals surface area contributed by atoms with E-state index in [0.717, 1.165) is 5.75 Å². The minimum Gasteiger partial charge on any atom is -0.383 e. The van der Waals surface area contributed by atoms with Crippen molar-refractivity contribution in [1.82, 2.24) is 0 Å². The van der Waals surface area contributed by atoms with E-state index in [1.54, 1.807) is 0 Å². The Labute approximate surface area is 91.3 Å². The number of benzene rings is 1. The molecule has 0 spiro atoms. The van der Waals surface area contributed by atoms with Crippen molar-refractivity contribution in [2.75, 3.05) is 11.1 Å².